The second kappa shape index (κ2) is 11.1. The lowest BCUT2D eigenvalue weighted by Crippen LogP contribution is -2.19. The maximum Gasteiger partial charge on any atom is 0.411 e. The van der Waals surface area contributed by atoms with Gasteiger partial charge in [0.15, 0.2) is 0 Å². The number of aryl methyl sites for hydroxylation is 1. The van der Waals surface area contributed by atoms with Crippen LogP contribution in [0, 0.1) is 5.92 Å². The van der Waals surface area contributed by atoms with Gasteiger partial charge in [0.1, 0.15) is 11.4 Å². The predicted octanol–water partition coefficient (Wildman–Crippen LogP) is 2.36. The summed E-state index contributed by atoms with van der Waals surface area (Å²) in [5, 5.41) is 14.0. The number of amides is 2. The molecule has 0 spiro atoms. The van der Waals surface area contributed by atoms with Crippen molar-refractivity contribution in [2.75, 3.05) is 19.0 Å². The lowest BCUT2D eigenvalue weighted by molar-refractivity contribution is -0.120. The molecule has 3 aromatic rings. The van der Waals surface area contributed by atoms with Crippen LogP contribution in [0.3, 0.4) is 0 Å². The minimum absolute atomic E-state index is 0.0688. The first-order valence-electron chi connectivity index (χ1n) is 10.7. The molecule has 0 saturated heterocycles. The van der Waals surface area contributed by atoms with Crippen LogP contribution in [-0.4, -0.2) is 45.2 Å². The number of nitrogens with zero attached hydrogens (tertiary/aromatic N) is 4. The Morgan fingerprint density at radius 2 is 2.03 bits per heavy atom. The van der Waals surface area contributed by atoms with Crippen LogP contribution in [0.5, 0.6) is 0 Å². The minimum atomic E-state index is -0.519. The molecule has 0 bridgehead atoms. The Hall–Kier alpha value is -3.95. The zero-order valence-corrected chi connectivity index (χ0v) is 18.9. The van der Waals surface area contributed by atoms with Crippen molar-refractivity contribution in [1.29, 1.82) is 0 Å². The zero-order valence-electron chi connectivity index (χ0n) is 18.9. The second-order valence-electron chi connectivity index (χ2n) is 7.95. The molecule has 2 heterocycles. The first kappa shape index (κ1) is 23.7. The van der Waals surface area contributed by atoms with Crippen molar-refractivity contribution in [3.05, 3.63) is 70.4 Å². The SMILES string of the molecule is CNC(=O)CCn1cc(-n2ccc(=O)c(Cc3cccc(NC(=O)OCC(C)C)c3)n2)cn1. The Morgan fingerprint density at radius 3 is 2.79 bits per heavy atom. The Balaban J connectivity index is 1.71. The molecule has 0 unspecified atom stereocenters. The topological polar surface area (TPSA) is 120 Å². The Kier molecular flexibility index (Phi) is 7.96. The summed E-state index contributed by atoms with van der Waals surface area (Å²) in [5.41, 5.74) is 2.25. The monoisotopic (exact) mass is 452 g/mol. The highest BCUT2D eigenvalue weighted by molar-refractivity contribution is 5.84. The van der Waals surface area contributed by atoms with Gasteiger partial charge in [-0.3, -0.25) is 19.6 Å². The number of ether oxygens (including phenoxy) is 1. The standard InChI is InChI=1S/C23H28N6O4/c1-16(2)15-33-23(32)26-18-6-4-5-17(11-18)12-20-21(30)7-10-29(27-20)19-13-25-28(14-19)9-8-22(31)24-3/h4-7,10-11,13-14,16H,8-9,12,15H2,1-3H3,(H,24,31)(H,26,32). The summed E-state index contributed by atoms with van der Waals surface area (Å²) < 4.78 is 8.37. The first-order chi connectivity index (χ1) is 15.8. The van der Waals surface area contributed by atoms with Gasteiger partial charge < -0.3 is 10.1 Å². The molecule has 2 N–H and O–H groups in total. The van der Waals surface area contributed by atoms with Crippen molar-refractivity contribution in [1.82, 2.24) is 24.9 Å². The largest absolute Gasteiger partial charge is 0.449 e. The molecule has 174 valence electrons. The predicted molar refractivity (Wildman–Crippen MR) is 123 cm³/mol. The van der Waals surface area contributed by atoms with E-state index in [1.807, 2.05) is 19.9 Å². The van der Waals surface area contributed by atoms with Gasteiger partial charge in [-0.1, -0.05) is 26.0 Å². The quantitative estimate of drug-likeness (QED) is 0.514. The zero-order chi connectivity index (χ0) is 23.8. The number of nitrogens with one attached hydrogen (secondary N) is 2. The molecule has 1 aromatic carbocycles. The van der Waals surface area contributed by atoms with Crippen molar-refractivity contribution in [3.63, 3.8) is 0 Å². The normalized spacial score (nSPS) is 10.8. The third kappa shape index (κ3) is 7.03. The molecule has 2 aromatic heterocycles. The van der Waals surface area contributed by atoms with Gasteiger partial charge in [-0.2, -0.15) is 10.2 Å². The minimum Gasteiger partial charge on any atom is -0.449 e. The fraction of sp³-hybridized carbons (Fsp3) is 0.348. The van der Waals surface area contributed by atoms with Gasteiger partial charge in [-0.15, -0.1) is 0 Å². The highest BCUT2D eigenvalue weighted by Crippen LogP contribution is 2.14. The molecule has 10 nitrogen and oxygen atoms in total. The smallest absolute Gasteiger partial charge is 0.411 e. The van der Waals surface area contributed by atoms with Crippen LogP contribution in [0.4, 0.5) is 10.5 Å². The third-order valence-corrected chi connectivity index (χ3v) is 4.70. The van der Waals surface area contributed by atoms with Gasteiger partial charge in [0.2, 0.25) is 11.3 Å². The molecule has 10 heteroatoms. The number of rotatable bonds is 9. The third-order valence-electron chi connectivity index (χ3n) is 4.70. The molecule has 2 amide bonds. The molecule has 3 rings (SSSR count). The van der Waals surface area contributed by atoms with Gasteiger partial charge in [0.25, 0.3) is 0 Å². The number of hydrogen-bond donors (Lipinski definition) is 2. The summed E-state index contributed by atoms with van der Waals surface area (Å²) in [4.78, 5) is 35.7. The fourth-order valence-corrected chi connectivity index (χ4v) is 3.00. The van der Waals surface area contributed by atoms with Crippen LogP contribution in [0.25, 0.3) is 5.69 Å². The van der Waals surface area contributed by atoms with Gasteiger partial charge in [0, 0.05) is 44.4 Å². The molecule has 0 aliphatic carbocycles. The van der Waals surface area contributed by atoms with Crippen molar-refractivity contribution in [2.24, 2.45) is 5.92 Å². The lowest BCUT2D eigenvalue weighted by atomic mass is 10.1. The van der Waals surface area contributed by atoms with E-state index in [2.05, 4.69) is 20.8 Å². The molecule has 0 aliphatic heterocycles. The van der Waals surface area contributed by atoms with E-state index in [0.29, 0.717) is 43.1 Å². The van der Waals surface area contributed by atoms with Gasteiger partial charge >= 0.3 is 6.09 Å². The van der Waals surface area contributed by atoms with E-state index in [0.717, 1.165) is 5.56 Å². The second-order valence-corrected chi connectivity index (χ2v) is 7.95. The van der Waals surface area contributed by atoms with E-state index in [4.69, 9.17) is 4.74 Å². The Morgan fingerprint density at radius 1 is 1.21 bits per heavy atom. The summed E-state index contributed by atoms with van der Waals surface area (Å²) in [5.74, 6) is 0.178. The van der Waals surface area contributed by atoms with Crippen LogP contribution < -0.4 is 16.1 Å². The number of carbonyl (C=O) groups is 2. The van der Waals surface area contributed by atoms with E-state index >= 15 is 0 Å². The van der Waals surface area contributed by atoms with Gasteiger partial charge in [-0.05, 0) is 23.6 Å². The van der Waals surface area contributed by atoms with Crippen LogP contribution in [-0.2, 0) is 22.5 Å². The van der Waals surface area contributed by atoms with E-state index in [1.54, 1.807) is 53.2 Å². The molecule has 33 heavy (non-hydrogen) atoms. The van der Waals surface area contributed by atoms with E-state index in [-0.39, 0.29) is 17.3 Å². The van der Waals surface area contributed by atoms with Crippen LogP contribution in [0.1, 0.15) is 31.5 Å². The van der Waals surface area contributed by atoms with Crippen molar-refractivity contribution < 1.29 is 14.3 Å². The molecule has 0 atom stereocenters. The van der Waals surface area contributed by atoms with Crippen LogP contribution >= 0.6 is 0 Å². The summed E-state index contributed by atoms with van der Waals surface area (Å²) in [6.45, 7) is 4.69. The van der Waals surface area contributed by atoms with Gasteiger partial charge in [-0.25, -0.2) is 9.48 Å². The summed E-state index contributed by atoms with van der Waals surface area (Å²) in [7, 11) is 1.59. The molecular weight excluding hydrogens is 424 g/mol. The summed E-state index contributed by atoms with van der Waals surface area (Å²) >= 11 is 0. The van der Waals surface area contributed by atoms with Crippen molar-refractivity contribution in [2.45, 2.75) is 33.2 Å². The molecular formula is C23H28N6O4. The number of benzene rings is 1. The maximum absolute atomic E-state index is 12.4. The number of hydrogen-bond acceptors (Lipinski definition) is 6. The number of anilines is 1. The summed E-state index contributed by atoms with van der Waals surface area (Å²) in [6.07, 6.45) is 5.05. The highest BCUT2D eigenvalue weighted by Gasteiger charge is 2.10. The number of aromatic nitrogens is 4. The van der Waals surface area contributed by atoms with Crippen LogP contribution in [0.15, 0.2) is 53.7 Å². The number of carbonyl (C=O) groups excluding carboxylic acids is 2. The van der Waals surface area contributed by atoms with Gasteiger partial charge in [0.05, 0.1) is 19.0 Å². The first-order valence-corrected chi connectivity index (χ1v) is 10.7. The highest BCUT2D eigenvalue weighted by atomic mass is 16.5. The Bertz CT molecular complexity index is 1170. The summed E-state index contributed by atoms with van der Waals surface area (Å²) in [6, 6.07) is 8.65. The van der Waals surface area contributed by atoms with E-state index < -0.39 is 6.09 Å². The molecule has 0 fully saturated rings. The maximum atomic E-state index is 12.4. The van der Waals surface area contributed by atoms with Crippen molar-refractivity contribution >= 4 is 17.7 Å². The average molecular weight is 453 g/mol. The lowest BCUT2D eigenvalue weighted by Gasteiger charge is -2.10. The van der Waals surface area contributed by atoms with E-state index in [1.165, 1.54) is 6.07 Å². The molecule has 0 radical (unpaired) electrons. The Labute approximate surface area is 191 Å². The molecule has 0 aliphatic rings. The fourth-order valence-electron chi connectivity index (χ4n) is 3.00. The molecule has 0 saturated carbocycles. The van der Waals surface area contributed by atoms with E-state index in [9.17, 15) is 14.4 Å². The average Bonchev–Trinajstić information content (AvgIpc) is 3.27. The van der Waals surface area contributed by atoms with Crippen molar-refractivity contribution in [3.8, 4) is 5.69 Å². The van der Waals surface area contributed by atoms with Crippen LogP contribution in [0.2, 0.25) is 0 Å².